The Morgan fingerprint density at radius 3 is 2.47 bits per heavy atom. The lowest BCUT2D eigenvalue weighted by Gasteiger charge is -2.37. The number of hydrogen-bond donors (Lipinski definition) is 1. The molecule has 2 aliphatic rings. The number of halogens is 3. The number of anilines is 1. The number of ether oxygens (including phenoxy) is 1. The van der Waals surface area contributed by atoms with Gasteiger partial charge in [0, 0.05) is 33.5 Å². The summed E-state index contributed by atoms with van der Waals surface area (Å²) in [6.45, 7) is 6.26. The normalized spacial score (nSPS) is 18.3. The van der Waals surface area contributed by atoms with Gasteiger partial charge in [-0.05, 0) is 61.7 Å². The van der Waals surface area contributed by atoms with Gasteiger partial charge >= 0.3 is 0 Å². The van der Waals surface area contributed by atoms with E-state index in [1.807, 2.05) is 24.3 Å². The van der Waals surface area contributed by atoms with Gasteiger partial charge in [0.2, 0.25) is 0 Å². The van der Waals surface area contributed by atoms with E-state index in [1.54, 1.807) is 12.1 Å². The van der Waals surface area contributed by atoms with Crippen LogP contribution in [0.1, 0.15) is 43.6 Å². The number of nitrogens with one attached hydrogen (secondary N) is 1. The van der Waals surface area contributed by atoms with Gasteiger partial charge in [0.25, 0.3) is 0 Å². The molecule has 2 heterocycles. The maximum Gasteiger partial charge on any atom is 0.168 e. The molecule has 3 aromatic rings. The standard InChI is InChI=1S/C25H20ClF2NO/c1-13-12-25(2,3)29-20-9-8-17-18-10-16(27)11-19(28)24(18)30-23(22(17)21(13)20)14-4-6-15(26)7-5-14/h4-12,23,29H,1-3H3. The van der Waals surface area contributed by atoms with Crippen molar-refractivity contribution in [2.45, 2.75) is 32.4 Å². The van der Waals surface area contributed by atoms with Gasteiger partial charge < -0.3 is 10.1 Å². The van der Waals surface area contributed by atoms with Crippen LogP contribution < -0.4 is 10.1 Å². The molecule has 1 unspecified atom stereocenters. The first kappa shape index (κ1) is 19.1. The fourth-order valence-electron chi connectivity index (χ4n) is 4.58. The first-order valence-corrected chi connectivity index (χ1v) is 10.2. The van der Waals surface area contributed by atoms with Crippen LogP contribution in [0.2, 0.25) is 5.02 Å². The van der Waals surface area contributed by atoms with E-state index < -0.39 is 17.7 Å². The summed E-state index contributed by atoms with van der Waals surface area (Å²) in [4.78, 5) is 0. The molecule has 0 saturated carbocycles. The highest BCUT2D eigenvalue weighted by Gasteiger charge is 2.35. The average Bonchev–Trinajstić information content (AvgIpc) is 2.66. The molecular formula is C25H20ClF2NO. The molecule has 0 bridgehead atoms. The Hall–Kier alpha value is -2.85. The van der Waals surface area contributed by atoms with Gasteiger partial charge in [0.15, 0.2) is 17.7 Å². The van der Waals surface area contributed by atoms with Gasteiger partial charge in [-0.15, -0.1) is 0 Å². The lowest BCUT2D eigenvalue weighted by atomic mass is 9.80. The van der Waals surface area contributed by atoms with E-state index in [-0.39, 0.29) is 11.3 Å². The van der Waals surface area contributed by atoms with E-state index >= 15 is 0 Å². The summed E-state index contributed by atoms with van der Waals surface area (Å²) in [5.74, 6) is -1.27. The molecule has 0 aromatic heterocycles. The van der Waals surface area contributed by atoms with Crippen molar-refractivity contribution in [2.75, 3.05) is 5.32 Å². The minimum absolute atomic E-state index is 0.0644. The summed E-state index contributed by atoms with van der Waals surface area (Å²) < 4.78 is 35.0. The molecular weight excluding hydrogens is 404 g/mol. The van der Waals surface area contributed by atoms with E-state index in [2.05, 4.69) is 32.2 Å². The molecule has 1 N–H and O–H groups in total. The third kappa shape index (κ3) is 2.98. The van der Waals surface area contributed by atoms with Gasteiger partial charge in [0.05, 0.1) is 5.54 Å². The molecule has 0 saturated heterocycles. The summed E-state index contributed by atoms with van der Waals surface area (Å²) >= 11 is 6.08. The summed E-state index contributed by atoms with van der Waals surface area (Å²) in [7, 11) is 0. The Morgan fingerprint density at radius 2 is 1.73 bits per heavy atom. The lowest BCUT2D eigenvalue weighted by Crippen LogP contribution is -2.32. The molecule has 3 aromatic carbocycles. The van der Waals surface area contributed by atoms with Crippen LogP contribution in [0.4, 0.5) is 14.5 Å². The van der Waals surface area contributed by atoms with Crippen LogP contribution in [0.25, 0.3) is 16.7 Å². The van der Waals surface area contributed by atoms with Crippen LogP contribution in [0, 0.1) is 11.6 Å². The molecule has 0 radical (unpaired) electrons. The summed E-state index contributed by atoms with van der Waals surface area (Å²) in [5, 5.41) is 4.15. The molecule has 2 nitrogen and oxygen atoms in total. The Labute approximate surface area is 179 Å². The van der Waals surface area contributed by atoms with Crippen molar-refractivity contribution >= 4 is 22.9 Å². The van der Waals surface area contributed by atoms with Crippen molar-refractivity contribution in [1.29, 1.82) is 0 Å². The molecule has 30 heavy (non-hydrogen) atoms. The van der Waals surface area contributed by atoms with E-state index in [0.717, 1.165) is 39.6 Å². The van der Waals surface area contributed by atoms with Crippen molar-refractivity contribution in [1.82, 2.24) is 0 Å². The fraction of sp³-hybridized carbons (Fsp3) is 0.200. The first-order valence-electron chi connectivity index (χ1n) is 9.80. The monoisotopic (exact) mass is 423 g/mol. The number of allylic oxidation sites excluding steroid dienone is 1. The van der Waals surface area contributed by atoms with Crippen LogP contribution in [0.5, 0.6) is 5.75 Å². The van der Waals surface area contributed by atoms with E-state index in [1.165, 1.54) is 6.07 Å². The Kier molecular flexibility index (Phi) is 4.19. The summed E-state index contributed by atoms with van der Waals surface area (Å²) in [5.41, 5.74) is 5.80. The minimum atomic E-state index is -0.709. The second-order valence-electron chi connectivity index (χ2n) is 8.44. The number of fused-ring (bicyclic) bond motifs is 5. The lowest BCUT2D eigenvalue weighted by molar-refractivity contribution is 0.231. The maximum atomic E-state index is 14.7. The molecule has 0 spiro atoms. The predicted molar refractivity (Wildman–Crippen MR) is 117 cm³/mol. The van der Waals surface area contributed by atoms with Crippen molar-refractivity contribution in [2.24, 2.45) is 0 Å². The zero-order chi connectivity index (χ0) is 21.2. The van der Waals surface area contributed by atoms with E-state index in [0.29, 0.717) is 10.6 Å². The zero-order valence-electron chi connectivity index (χ0n) is 16.8. The van der Waals surface area contributed by atoms with Gasteiger partial charge in [0.1, 0.15) is 5.82 Å². The van der Waals surface area contributed by atoms with Gasteiger partial charge in [-0.3, -0.25) is 0 Å². The van der Waals surface area contributed by atoms with Crippen LogP contribution in [0.15, 0.2) is 54.6 Å². The topological polar surface area (TPSA) is 21.3 Å². The molecule has 5 rings (SSSR count). The largest absolute Gasteiger partial charge is 0.477 e. The Morgan fingerprint density at radius 1 is 1.00 bits per heavy atom. The minimum Gasteiger partial charge on any atom is -0.477 e. The molecule has 1 atom stereocenters. The zero-order valence-corrected chi connectivity index (χ0v) is 17.6. The van der Waals surface area contributed by atoms with Crippen molar-refractivity contribution in [3.05, 3.63) is 88.0 Å². The maximum absolute atomic E-state index is 14.7. The van der Waals surface area contributed by atoms with Crippen molar-refractivity contribution in [3.63, 3.8) is 0 Å². The fourth-order valence-corrected chi connectivity index (χ4v) is 4.71. The quantitative estimate of drug-likeness (QED) is 0.441. The molecule has 0 amide bonds. The first-order chi connectivity index (χ1) is 14.2. The smallest absolute Gasteiger partial charge is 0.168 e. The van der Waals surface area contributed by atoms with E-state index in [4.69, 9.17) is 16.3 Å². The van der Waals surface area contributed by atoms with Crippen LogP contribution in [-0.2, 0) is 0 Å². The summed E-state index contributed by atoms with van der Waals surface area (Å²) in [6, 6.07) is 13.4. The SMILES string of the molecule is CC1=CC(C)(C)Nc2ccc3c(c21)C(c1ccc(Cl)cc1)Oc1c(F)cc(F)cc1-3. The Balaban J connectivity index is 1.83. The summed E-state index contributed by atoms with van der Waals surface area (Å²) in [6.07, 6.45) is 1.61. The highest BCUT2D eigenvalue weighted by atomic mass is 35.5. The van der Waals surface area contributed by atoms with Gasteiger partial charge in [-0.1, -0.05) is 35.9 Å². The molecule has 0 fully saturated rings. The molecule has 2 aliphatic heterocycles. The molecule has 5 heteroatoms. The predicted octanol–water partition coefficient (Wildman–Crippen LogP) is 7.37. The molecule has 152 valence electrons. The number of rotatable bonds is 1. The van der Waals surface area contributed by atoms with Crippen LogP contribution in [0.3, 0.4) is 0 Å². The number of hydrogen-bond acceptors (Lipinski definition) is 2. The highest BCUT2D eigenvalue weighted by molar-refractivity contribution is 6.30. The van der Waals surface area contributed by atoms with Crippen molar-refractivity contribution in [3.8, 4) is 16.9 Å². The highest BCUT2D eigenvalue weighted by Crippen LogP contribution is 2.51. The van der Waals surface area contributed by atoms with Gasteiger partial charge in [-0.2, -0.15) is 0 Å². The third-order valence-electron chi connectivity index (χ3n) is 5.64. The van der Waals surface area contributed by atoms with Crippen LogP contribution >= 0.6 is 11.6 Å². The second kappa shape index (κ2) is 6.58. The molecule has 0 aliphatic carbocycles. The second-order valence-corrected chi connectivity index (χ2v) is 8.87. The van der Waals surface area contributed by atoms with E-state index in [9.17, 15) is 8.78 Å². The number of benzene rings is 3. The average molecular weight is 424 g/mol. The van der Waals surface area contributed by atoms with Crippen LogP contribution in [-0.4, -0.2) is 5.54 Å². The van der Waals surface area contributed by atoms with Crippen molar-refractivity contribution < 1.29 is 13.5 Å². The Bertz CT molecular complexity index is 1210. The van der Waals surface area contributed by atoms with Gasteiger partial charge in [-0.25, -0.2) is 8.78 Å². The third-order valence-corrected chi connectivity index (χ3v) is 5.90.